The molecule has 5 heteroatoms. The average Bonchev–Trinajstić information content (AvgIpc) is 2.24. The highest BCUT2D eigenvalue weighted by Gasteiger charge is 2.54. The zero-order valence-corrected chi connectivity index (χ0v) is 13.8. The van der Waals surface area contributed by atoms with Crippen molar-refractivity contribution in [2.75, 3.05) is 12.9 Å². The lowest BCUT2D eigenvalue weighted by Crippen LogP contribution is -2.53. The van der Waals surface area contributed by atoms with Gasteiger partial charge in [0.25, 0.3) is 10.1 Å². The summed E-state index contributed by atoms with van der Waals surface area (Å²) in [7, 11) is -3.49. The van der Waals surface area contributed by atoms with E-state index in [-0.39, 0.29) is 29.1 Å². The van der Waals surface area contributed by atoms with Gasteiger partial charge in [0.2, 0.25) is 0 Å². The molecule has 2 aliphatic carbocycles. The first kappa shape index (κ1) is 16.0. The van der Waals surface area contributed by atoms with Crippen LogP contribution >= 0.6 is 0 Å². The molecule has 0 radical (unpaired) electrons. The Balaban J connectivity index is 2.26. The quantitative estimate of drug-likeness (QED) is 0.752. The fourth-order valence-electron chi connectivity index (χ4n) is 4.61. The molecule has 2 saturated carbocycles. The predicted molar refractivity (Wildman–Crippen MR) is 77.8 cm³/mol. The van der Waals surface area contributed by atoms with Gasteiger partial charge in [-0.2, -0.15) is 8.42 Å². The maximum atomic E-state index is 12.3. The molecule has 0 bridgehead atoms. The lowest BCUT2D eigenvalue weighted by atomic mass is 9.48. The Bertz CT molecular complexity index is 494. The van der Waals surface area contributed by atoms with E-state index in [0.717, 1.165) is 25.5 Å². The van der Waals surface area contributed by atoms with E-state index in [1.54, 1.807) is 0 Å². The molecule has 0 aliphatic heterocycles. The minimum absolute atomic E-state index is 0.0146. The highest BCUT2D eigenvalue weighted by Crippen LogP contribution is 2.58. The third-order valence-electron chi connectivity index (χ3n) is 5.59. The second-order valence-corrected chi connectivity index (χ2v) is 9.09. The van der Waals surface area contributed by atoms with E-state index in [9.17, 15) is 13.2 Å². The molecule has 2 rings (SSSR count). The first-order chi connectivity index (χ1) is 9.06. The summed E-state index contributed by atoms with van der Waals surface area (Å²) in [5.74, 6) is 0.357. The highest BCUT2D eigenvalue weighted by molar-refractivity contribution is 7.85. The molecule has 3 atom stereocenters. The number of carbonyl (C=O) groups is 1. The number of hydrogen-bond acceptors (Lipinski definition) is 4. The molecular formula is C15H26O4S. The number of ketones is 1. The molecular weight excluding hydrogens is 276 g/mol. The van der Waals surface area contributed by atoms with E-state index < -0.39 is 10.1 Å². The van der Waals surface area contributed by atoms with Gasteiger partial charge in [-0.15, -0.1) is 0 Å². The van der Waals surface area contributed by atoms with Crippen molar-refractivity contribution in [3.05, 3.63) is 0 Å². The molecule has 2 aliphatic rings. The summed E-state index contributed by atoms with van der Waals surface area (Å²) < 4.78 is 27.5. The summed E-state index contributed by atoms with van der Waals surface area (Å²) in [4.78, 5) is 12.3. The van der Waals surface area contributed by atoms with E-state index in [0.29, 0.717) is 12.3 Å². The van der Waals surface area contributed by atoms with Gasteiger partial charge >= 0.3 is 0 Å². The molecule has 0 aromatic heterocycles. The topological polar surface area (TPSA) is 60.4 Å². The van der Waals surface area contributed by atoms with Crippen LogP contribution in [0.25, 0.3) is 0 Å². The number of carbonyl (C=O) groups excluding carboxylic acids is 1. The van der Waals surface area contributed by atoms with Crippen molar-refractivity contribution >= 4 is 15.9 Å². The van der Waals surface area contributed by atoms with Crippen LogP contribution in [0.3, 0.4) is 0 Å². The van der Waals surface area contributed by atoms with Crippen LogP contribution in [0.5, 0.6) is 0 Å². The van der Waals surface area contributed by atoms with E-state index in [1.165, 1.54) is 6.42 Å². The van der Waals surface area contributed by atoms with E-state index >= 15 is 0 Å². The molecule has 0 saturated heterocycles. The van der Waals surface area contributed by atoms with Crippen LogP contribution < -0.4 is 0 Å². The van der Waals surface area contributed by atoms with Crippen molar-refractivity contribution in [3.63, 3.8) is 0 Å². The Kier molecular flexibility index (Phi) is 4.06. The van der Waals surface area contributed by atoms with Crippen LogP contribution in [-0.4, -0.2) is 27.1 Å². The summed E-state index contributed by atoms with van der Waals surface area (Å²) in [5.41, 5.74) is 0.0960. The lowest BCUT2D eigenvalue weighted by Gasteiger charge is -2.56. The fourth-order valence-corrected chi connectivity index (χ4v) is 4.99. The minimum atomic E-state index is -3.49. The van der Waals surface area contributed by atoms with Crippen LogP contribution in [0.1, 0.15) is 52.9 Å². The van der Waals surface area contributed by atoms with Crippen molar-refractivity contribution in [2.24, 2.45) is 22.7 Å². The molecule has 0 amide bonds. The zero-order chi connectivity index (χ0) is 15.2. The predicted octanol–water partition coefficient (Wildman–Crippen LogP) is 2.77. The van der Waals surface area contributed by atoms with Crippen molar-refractivity contribution in [2.45, 2.75) is 52.9 Å². The first-order valence-corrected chi connectivity index (χ1v) is 9.25. The number of Topliss-reactive ketones (excluding diaryl/α,β-unsaturated/α-hetero) is 1. The molecule has 0 heterocycles. The van der Waals surface area contributed by atoms with Gasteiger partial charge in [0, 0.05) is 12.3 Å². The Hall–Kier alpha value is -0.420. The van der Waals surface area contributed by atoms with Gasteiger partial charge in [0.05, 0.1) is 12.9 Å². The maximum Gasteiger partial charge on any atom is 0.264 e. The van der Waals surface area contributed by atoms with Crippen molar-refractivity contribution in [3.8, 4) is 0 Å². The standard InChI is InChI=1S/C15H26O4S/c1-14(2)8-5-9-15(3)11(10-19-20(4,17)18)12(16)6-7-13(14)15/h11,13H,5-10H2,1-4H3/t11-,13-,15+/m0/s1. The Labute approximate surface area is 122 Å². The minimum Gasteiger partial charge on any atom is -0.299 e. The molecule has 0 unspecified atom stereocenters. The second-order valence-electron chi connectivity index (χ2n) is 7.45. The Morgan fingerprint density at radius 1 is 1.25 bits per heavy atom. The molecule has 2 fully saturated rings. The Morgan fingerprint density at radius 2 is 1.90 bits per heavy atom. The van der Waals surface area contributed by atoms with Crippen molar-refractivity contribution in [1.82, 2.24) is 0 Å². The first-order valence-electron chi connectivity index (χ1n) is 7.43. The molecule has 20 heavy (non-hydrogen) atoms. The van der Waals surface area contributed by atoms with Crippen molar-refractivity contribution < 1.29 is 17.4 Å². The second kappa shape index (κ2) is 5.09. The van der Waals surface area contributed by atoms with Gasteiger partial charge in [-0.1, -0.05) is 27.2 Å². The SMILES string of the molecule is CC1(C)CCC[C@]2(C)[C@@H](COS(C)(=O)=O)C(=O)CC[C@@H]12. The maximum absolute atomic E-state index is 12.3. The van der Waals surface area contributed by atoms with Gasteiger partial charge < -0.3 is 0 Å². The van der Waals surface area contributed by atoms with E-state index in [2.05, 4.69) is 20.8 Å². The molecule has 116 valence electrons. The van der Waals surface area contributed by atoms with Gasteiger partial charge in [0.1, 0.15) is 5.78 Å². The highest BCUT2D eigenvalue weighted by atomic mass is 32.2. The van der Waals surface area contributed by atoms with Gasteiger partial charge in [-0.05, 0) is 36.0 Å². The fraction of sp³-hybridized carbons (Fsp3) is 0.933. The molecule has 0 N–H and O–H groups in total. The number of hydrogen-bond donors (Lipinski definition) is 0. The largest absolute Gasteiger partial charge is 0.299 e. The molecule has 4 nitrogen and oxygen atoms in total. The molecule has 0 aromatic rings. The van der Waals surface area contributed by atoms with Gasteiger partial charge in [0.15, 0.2) is 0 Å². The van der Waals surface area contributed by atoms with Crippen LogP contribution in [0.2, 0.25) is 0 Å². The zero-order valence-electron chi connectivity index (χ0n) is 12.9. The third kappa shape index (κ3) is 2.93. The third-order valence-corrected chi connectivity index (χ3v) is 6.15. The smallest absolute Gasteiger partial charge is 0.264 e. The summed E-state index contributed by atoms with van der Waals surface area (Å²) >= 11 is 0. The summed E-state index contributed by atoms with van der Waals surface area (Å²) in [6.45, 7) is 6.73. The van der Waals surface area contributed by atoms with Crippen LogP contribution in [0.4, 0.5) is 0 Å². The Morgan fingerprint density at radius 3 is 2.50 bits per heavy atom. The summed E-state index contributed by atoms with van der Waals surface area (Å²) in [5, 5.41) is 0. The monoisotopic (exact) mass is 302 g/mol. The van der Waals surface area contributed by atoms with Gasteiger partial charge in [-0.3, -0.25) is 8.98 Å². The summed E-state index contributed by atoms with van der Waals surface area (Å²) in [6, 6.07) is 0. The van der Waals surface area contributed by atoms with E-state index in [4.69, 9.17) is 4.18 Å². The van der Waals surface area contributed by atoms with Gasteiger partial charge in [-0.25, -0.2) is 0 Å². The van der Waals surface area contributed by atoms with Crippen LogP contribution in [0.15, 0.2) is 0 Å². The number of fused-ring (bicyclic) bond motifs is 1. The lowest BCUT2D eigenvalue weighted by molar-refractivity contribution is -0.145. The molecule has 0 aromatic carbocycles. The number of rotatable bonds is 3. The van der Waals surface area contributed by atoms with Crippen LogP contribution in [0, 0.1) is 22.7 Å². The normalized spacial score (nSPS) is 37.5. The average molecular weight is 302 g/mol. The van der Waals surface area contributed by atoms with Crippen molar-refractivity contribution in [1.29, 1.82) is 0 Å². The van der Waals surface area contributed by atoms with Crippen LogP contribution in [-0.2, 0) is 19.1 Å². The van der Waals surface area contributed by atoms with E-state index in [1.807, 2.05) is 0 Å². The summed E-state index contributed by atoms with van der Waals surface area (Å²) in [6.07, 6.45) is 5.80. The molecule has 0 spiro atoms.